The van der Waals surface area contributed by atoms with Crippen molar-refractivity contribution in [3.05, 3.63) is 133 Å². The number of fused-ring (bicyclic) bond motifs is 10. The Morgan fingerprint density at radius 2 is 1.00 bits per heavy atom. The Morgan fingerprint density at radius 3 is 1.87 bits per heavy atom. The molecule has 0 radical (unpaired) electrons. The lowest BCUT2D eigenvalue weighted by Crippen LogP contribution is -1.93. The van der Waals surface area contributed by atoms with Gasteiger partial charge < -0.3 is 8.97 Å². The highest BCUT2D eigenvalue weighted by Crippen LogP contribution is 2.46. The van der Waals surface area contributed by atoms with Crippen LogP contribution >= 0.6 is 0 Å². The van der Waals surface area contributed by atoms with E-state index < -0.39 is 0 Å². The normalized spacial score (nSPS) is 12.2. The SMILES string of the molecule is c1ccc(-c2cccc3c2c2c4c5cccc6c7ccccc7n(c4ccc2n3-c2ccccc2)c65)cc1. The summed E-state index contributed by atoms with van der Waals surface area (Å²) in [6, 6.07) is 48.5. The number of hydrogen-bond donors (Lipinski definition) is 0. The van der Waals surface area contributed by atoms with Crippen molar-refractivity contribution in [2.24, 2.45) is 0 Å². The predicted octanol–water partition coefficient (Wildman–Crippen LogP) is 9.60. The summed E-state index contributed by atoms with van der Waals surface area (Å²) in [6.45, 7) is 0. The van der Waals surface area contributed by atoms with Gasteiger partial charge in [0.1, 0.15) is 0 Å². The van der Waals surface area contributed by atoms with Gasteiger partial charge in [-0.05, 0) is 47.5 Å². The summed E-state index contributed by atoms with van der Waals surface area (Å²) in [4.78, 5) is 0. The molecule has 0 spiro atoms. The molecule has 0 unspecified atom stereocenters. The van der Waals surface area contributed by atoms with Crippen LogP contribution in [0.1, 0.15) is 0 Å². The second kappa shape index (κ2) is 7.24. The first-order valence-electron chi connectivity index (χ1n) is 13.1. The zero-order valence-electron chi connectivity index (χ0n) is 20.6. The molecule has 6 aromatic carbocycles. The van der Waals surface area contributed by atoms with Crippen molar-refractivity contribution in [2.45, 2.75) is 0 Å². The first-order chi connectivity index (χ1) is 18.9. The van der Waals surface area contributed by atoms with Crippen molar-refractivity contribution < 1.29 is 0 Å². The number of benzene rings is 6. The van der Waals surface area contributed by atoms with E-state index in [1.807, 2.05) is 0 Å². The fourth-order valence-corrected chi connectivity index (χ4v) is 6.78. The van der Waals surface area contributed by atoms with E-state index in [2.05, 4.69) is 142 Å². The third-order valence-electron chi connectivity index (χ3n) is 8.24. The van der Waals surface area contributed by atoms with Crippen LogP contribution < -0.4 is 0 Å². The van der Waals surface area contributed by atoms with Gasteiger partial charge in [0.15, 0.2) is 0 Å². The van der Waals surface area contributed by atoms with E-state index in [9.17, 15) is 0 Å². The van der Waals surface area contributed by atoms with Gasteiger partial charge in [0.2, 0.25) is 0 Å². The highest BCUT2D eigenvalue weighted by Gasteiger charge is 2.23. The van der Waals surface area contributed by atoms with Crippen LogP contribution in [0.15, 0.2) is 133 Å². The van der Waals surface area contributed by atoms with E-state index in [0.717, 1.165) is 0 Å². The Hall–Kier alpha value is -5.08. The van der Waals surface area contributed by atoms with E-state index in [4.69, 9.17) is 0 Å². The van der Waals surface area contributed by atoms with Crippen LogP contribution in [0.3, 0.4) is 0 Å². The van der Waals surface area contributed by atoms with Crippen molar-refractivity contribution in [1.82, 2.24) is 8.97 Å². The van der Waals surface area contributed by atoms with Gasteiger partial charge in [-0.1, -0.05) is 97.1 Å². The Bertz CT molecular complexity index is 2320. The molecule has 0 aliphatic rings. The molecule has 2 nitrogen and oxygen atoms in total. The lowest BCUT2D eigenvalue weighted by atomic mass is 9.97. The fourth-order valence-electron chi connectivity index (χ4n) is 6.78. The lowest BCUT2D eigenvalue weighted by Gasteiger charge is -2.08. The monoisotopic (exact) mass is 482 g/mol. The molecule has 0 aliphatic heterocycles. The maximum Gasteiger partial charge on any atom is 0.0620 e. The number of hydrogen-bond acceptors (Lipinski definition) is 0. The predicted molar refractivity (Wildman–Crippen MR) is 161 cm³/mol. The van der Waals surface area contributed by atoms with Crippen LogP contribution in [0.2, 0.25) is 0 Å². The lowest BCUT2D eigenvalue weighted by molar-refractivity contribution is 1.18. The Morgan fingerprint density at radius 1 is 0.368 bits per heavy atom. The molecule has 38 heavy (non-hydrogen) atoms. The number of nitrogens with zero attached hydrogens (tertiary/aromatic N) is 2. The van der Waals surface area contributed by atoms with Crippen molar-refractivity contribution >= 4 is 59.9 Å². The van der Waals surface area contributed by atoms with Crippen LogP contribution in [-0.4, -0.2) is 8.97 Å². The van der Waals surface area contributed by atoms with E-state index >= 15 is 0 Å². The largest absolute Gasteiger partial charge is 0.309 e. The molecule has 176 valence electrons. The van der Waals surface area contributed by atoms with Gasteiger partial charge >= 0.3 is 0 Å². The number of rotatable bonds is 2. The maximum absolute atomic E-state index is 2.48. The summed E-state index contributed by atoms with van der Waals surface area (Å²) in [5.41, 5.74) is 10.00. The minimum absolute atomic E-state index is 1.18. The average Bonchev–Trinajstić information content (AvgIpc) is 3.63. The van der Waals surface area contributed by atoms with Crippen LogP contribution in [0.5, 0.6) is 0 Å². The molecule has 3 heterocycles. The molecule has 0 atom stereocenters. The average molecular weight is 483 g/mol. The molecule has 0 N–H and O–H groups in total. The third kappa shape index (κ3) is 2.42. The van der Waals surface area contributed by atoms with Gasteiger partial charge in [0.05, 0.1) is 27.6 Å². The van der Waals surface area contributed by atoms with Gasteiger partial charge in [-0.25, -0.2) is 0 Å². The number of para-hydroxylation sites is 3. The first-order valence-corrected chi connectivity index (χ1v) is 13.1. The van der Waals surface area contributed by atoms with E-state index in [1.165, 1.54) is 76.7 Å². The van der Waals surface area contributed by atoms with E-state index in [-0.39, 0.29) is 0 Å². The second-order valence-electron chi connectivity index (χ2n) is 10.1. The second-order valence-corrected chi connectivity index (χ2v) is 10.1. The first kappa shape index (κ1) is 20.0. The smallest absolute Gasteiger partial charge is 0.0620 e. The summed E-state index contributed by atoms with van der Waals surface area (Å²) >= 11 is 0. The number of aromatic nitrogens is 2. The minimum atomic E-state index is 1.18. The van der Waals surface area contributed by atoms with Gasteiger partial charge in [0, 0.05) is 38.0 Å². The minimum Gasteiger partial charge on any atom is -0.309 e. The summed E-state index contributed by atoms with van der Waals surface area (Å²) in [5.74, 6) is 0. The molecule has 0 aliphatic carbocycles. The highest BCUT2D eigenvalue weighted by atomic mass is 15.0. The van der Waals surface area contributed by atoms with Gasteiger partial charge in [-0.3, -0.25) is 0 Å². The summed E-state index contributed by atoms with van der Waals surface area (Å²) in [7, 11) is 0. The van der Waals surface area contributed by atoms with Crippen LogP contribution in [0.4, 0.5) is 0 Å². The summed E-state index contributed by atoms with van der Waals surface area (Å²) in [6.07, 6.45) is 0. The van der Waals surface area contributed by atoms with Crippen LogP contribution in [0, 0.1) is 0 Å². The van der Waals surface area contributed by atoms with Crippen molar-refractivity contribution in [3.63, 3.8) is 0 Å². The molecular weight excluding hydrogens is 460 g/mol. The standard InChI is InChI=1S/C36H22N2/c1-3-11-23(12-4-1)25-16-10-20-30-33(25)35-32(37(30)24-13-5-2-6-14-24)22-21-31-34(35)28-18-9-17-27-26-15-7-8-19-29(26)38(31)36(27)28/h1-22H. The molecular formula is C36H22N2. The molecule has 0 bridgehead atoms. The van der Waals surface area contributed by atoms with E-state index in [1.54, 1.807) is 0 Å². The highest BCUT2D eigenvalue weighted by molar-refractivity contribution is 6.34. The van der Waals surface area contributed by atoms with Gasteiger partial charge in [-0.2, -0.15) is 0 Å². The summed E-state index contributed by atoms with van der Waals surface area (Å²) < 4.78 is 4.91. The molecule has 0 fully saturated rings. The molecule has 0 saturated carbocycles. The quantitative estimate of drug-likeness (QED) is 0.232. The van der Waals surface area contributed by atoms with Gasteiger partial charge in [-0.15, -0.1) is 0 Å². The zero-order chi connectivity index (χ0) is 24.8. The Kier molecular flexibility index (Phi) is 3.82. The Balaban J connectivity index is 1.59. The van der Waals surface area contributed by atoms with Crippen LogP contribution in [0.25, 0.3) is 76.7 Å². The maximum atomic E-state index is 2.48. The van der Waals surface area contributed by atoms with Crippen molar-refractivity contribution in [3.8, 4) is 16.8 Å². The van der Waals surface area contributed by atoms with Crippen LogP contribution in [-0.2, 0) is 0 Å². The molecule has 0 amide bonds. The molecule has 2 heteroatoms. The molecule has 0 saturated heterocycles. The topological polar surface area (TPSA) is 9.34 Å². The molecule has 9 rings (SSSR count). The molecule has 3 aromatic heterocycles. The van der Waals surface area contributed by atoms with Crippen molar-refractivity contribution in [2.75, 3.05) is 0 Å². The third-order valence-corrected chi connectivity index (χ3v) is 8.24. The van der Waals surface area contributed by atoms with Gasteiger partial charge in [0.25, 0.3) is 0 Å². The zero-order valence-corrected chi connectivity index (χ0v) is 20.6. The van der Waals surface area contributed by atoms with E-state index in [0.29, 0.717) is 0 Å². The molecule has 9 aromatic rings. The summed E-state index contributed by atoms with van der Waals surface area (Å²) in [5, 5.41) is 7.90. The Labute approximate surface area is 218 Å². The fraction of sp³-hybridized carbons (Fsp3) is 0. The van der Waals surface area contributed by atoms with Crippen molar-refractivity contribution in [1.29, 1.82) is 0 Å².